The molecule has 1 saturated heterocycles. The standard InChI is InChI=1S/C13H18BrFN2O2S/c1-17(9-10-3-2-6-16-8-10)20(18,19)13-5-4-11(15)7-12(13)14/h4-5,7,10,16H,2-3,6,8-9H2,1H3. The van der Waals surface area contributed by atoms with Gasteiger partial charge in [0.1, 0.15) is 5.82 Å². The Hall–Kier alpha value is -0.500. The zero-order valence-corrected chi connectivity index (χ0v) is 13.7. The summed E-state index contributed by atoms with van der Waals surface area (Å²) >= 11 is 3.12. The van der Waals surface area contributed by atoms with Crippen molar-refractivity contribution in [3.63, 3.8) is 0 Å². The fraction of sp³-hybridized carbons (Fsp3) is 0.538. The summed E-state index contributed by atoms with van der Waals surface area (Å²) in [4.78, 5) is 0.102. The lowest BCUT2D eigenvalue weighted by Gasteiger charge is -2.27. The molecule has 1 atom stereocenters. The van der Waals surface area contributed by atoms with Crippen molar-refractivity contribution in [2.24, 2.45) is 5.92 Å². The predicted octanol–water partition coefficient (Wildman–Crippen LogP) is 2.21. The van der Waals surface area contributed by atoms with Crippen molar-refractivity contribution in [1.29, 1.82) is 0 Å². The van der Waals surface area contributed by atoms with Gasteiger partial charge in [0.25, 0.3) is 0 Å². The summed E-state index contributed by atoms with van der Waals surface area (Å²) in [5.41, 5.74) is 0. The summed E-state index contributed by atoms with van der Waals surface area (Å²) in [6.07, 6.45) is 2.09. The number of hydrogen-bond donors (Lipinski definition) is 1. The number of nitrogens with zero attached hydrogens (tertiary/aromatic N) is 1. The second-order valence-electron chi connectivity index (χ2n) is 5.07. The molecule has 4 nitrogen and oxygen atoms in total. The van der Waals surface area contributed by atoms with E-state index in [9.17, 15) is 12.8 Å². The minimum atomic E-state index is -3.59. The third kappa shape index (κ3) is 3.58. The molecule has 0 radical (unpaired) electrons. The molecule has 7 heteroatoms. The maximum atomic E-state index is 13.1. The number of piperidine rings is 1. The third-order valence-electron chi connectivity index (χ3n) is 3.50. The lowest BCUT2D eigenvalue weighted by molar-refractivity contribution is 0.314. The van der Waals surface area contributed by atoms with Crippen LogP contribution in [0.2, 0.25) is 0 Å². The van der Waals surface area contributed by atoms with Crippen molar-refractivity contribution in [1.82, 2.24) is 9.62 Å². The average Bonchev–Trinajstić information content (AvgIpc) is 2.39. The third-order valence-corrected chi connectivity index (χ3v) is 6.30. The van der Waals surface area contributed by atoms with E-state index in [2.05, 4.69) is 21.2 Å². The van der Waals surface area contributed by atoms with Gasteiger partial charge in [-0.3, -0.25) is 0 Å². The summed E-state index contributed by atoms with van der Waals surface area (Å²) in [7, 11) is -2.02. The minimum Gasteiger partial charge on any atom is -0.316 e. The first-order valence-electron chi connectivity index (χ1n) is 6.53. The molecular formula is C13H18BrFN2O2S. The second-order valence-corrected chi connectivity index (χ2v) is 7.94. The number of hydrogen-bond acceptors (Lipinski definition) is 3. The highest BCUT2D eigenvalue weighted by molar-refractivity contribution is 9.10. The van der Waals surface area contributed by atoms with Crippen LogP contribution in [-0.2, 0) is 10.0 Å². The van der Waals surface area contributed by atoms with E-state index in [1.54, 1.807) is 7.05 Å². The zero-order chi connectivity index (χ0) is 14.8. The van der Waals surface area contributed by atoms with Gasteiger partial charge in [0, 0.05) is 18.1 Å². The number of benzene rings is 1. The van der Waals surface area contributed by atoms with E-state index in [1.165, 1.54) is 16.4 Å². The molecule has 0 spiro atoms. The van der Waals surface area contributed by atoms with Crippen LogP contribution < -0.4 is 5.32 Å². The molecule has 1 aliphatic heterocycles. The SMILES string of the molecule is CN(CC1CCCNC1)S(=O)(=O)c1ccc(F)cc1Br. The van der Waals surface area contributed by atoms with E-state index < -0.39 is 15.8 Å². The first kappa shape index (κ1) is 15.9. The molecule has 1 aliphatic rings. The molecule has 20 heavy (non-hydrogen) atoms. The van der Waals surface area contributed by atoms with Crippen molar-refractivity contribution in [2.75, 3.05) is 26.7 Å². The molecule has 0 bridgehead atoms. The maximum Gasteiger partial charge on any atom is 0.243 e. The highest BCUT2D eigenvalue weighted by atomic mass is 79.9. The van der Waals surface area contributed by atoms with Gasteiger partial charge in [0.05, 0.1) is 4.90 Å². The summed E-state index contributed by atoms with van der Waals surface area (Å²) in [5, 5.41) is 3.27. The highest BCUT2D eigenvalue weighted by Gasteiger charge is 2.26. The van der Waals surface area contributed by atoms with Crippen LogP contribution >= 0.6 is 15.9 Å². The Bertz CT molecular complexity index is 574. The van der Waals surface area contributed by atoms with Gasteiger partial charge in [-0.15, -0.1) is 0 Å². The highest BCUT2D eigenvalue weighted by Crippen LogP contribution is 2.26. The normalized spacial score (nSPS) is 20.3. The molecule has 1 fully saturated rings. The molecule has 0 aromatic heterocycles. The van der Waals surface area contributed by atoms with Crippen LogP contribution in [-0.4, -0.2) is 39.4 Å². The minimum absolute atomic E-state index is 0.102. The van der Waals surface area contributed by atoms with Gasteiger partial charge in [-0.25, -0.2) is 17.1 Å². The Kier molecular flexibility index (Phi) is 5.17. The van der Waals surface area contributed by atoms with Crippen LogP contribution in [0.3, 0.4) is 0 Å². The summed E-state index contributed by atoms with van der Waals surface area (Å²) in [6.45, 7) is 2.31. The van der Waals surface area contributed by atoms with Crippen LogP contribution in [0.5, 0.6) is 0 Å². The molecule has 2 rings (SSSR count). The molecule has 1 aromatic rings. The number of nitrogens with one attached hydrogen (secondary N) is 1. The smallest absolute Gasteiger partial charge is 0.243 e. The molecule has 1 unspecified atom stereocenters. The van der Waals surface area contributed by atoms with Crippen LogP contribution in [0.15, 0.2) is 27.6 Å². The van der Waals surface area contributed by atoms with Crippen molar-refractivity contribution in [3.8, 4) is 0 Å². The zero-order valence-electron chi connectivity index (χ0n) is 11.3. The first-order chi connectivity index (χ1) is 9.41. The van der Waals surface area contributed by atoms with Gasteiger partial charge < -0.3 is 5.32 Å². The predicted molar refractivity (Wildman–Crippen MR) is 79.5 cm³/mol. The fourth-order valence-electron chi connectivity index (χ4n) is 2.39. The average molecular weight is 365 g/mol. The first-order valence-corrected chi connectivity index (χ1v) is 8.76. The second kappa shape index (κ2) is 6.51. The molecule has 1 heterocycles. The Morgan fingerprint density at radius 1 is 1.50 bits per heavy atom. The lowest BCUT2D eigenvalue weighted by Crippen LogP contribution is -2.39. The largest absolute Gasteiger partial charge is 0.316 e. The van der Waals surface area contributed by atoms with Crippen molar-refractivity contribution in [2.45, 2.75) is 17.7 Å². The van der Waals surface area contributed by atoms with Crippen LogP contribution in [0.4, 0.5) is 4.39 Å². The number of sulfonamides is 1. The molecular weight excluding hydrogens is 347 g/mol. The van der Waals surface area contributed by atoms with E-state index in [4.69, 9.17) is 0 Å². The lowest BCUT2D eigenvalue weighted by atomic mass is 10.00. The van der Waals surface area contributed by atoms with Crippen LogP contribution in [0, 0.1) is 11.7 Å². The van der Waals surface area contributed by atoms with E-state index in [0.29, 0.717) is 12.5 Å². The Balaban J connectivity index is 2.16. The Morgan fingerprint density at radius 2 is 2.25 bits per heavy atom. The topological polar surface area (TPSA) is 49.4 Å². The van der Waals surface area contributed by atoms with Crippen LogP contribution in [0.25, 0.3) is 0 Å². The van der Waals surface area contributed by atoms with Gasteiger partial charge in [-0.2, -0.15) is 0 Å². The van der Waals surface area contributed by atoms with Crippen molar-refractivity contribution >= 4 is 26.0 Å². The van der Waals surface area contributed by atoms with Gasteiger partial charge >= 0.3 is 0 Å². The number of rotatable bonds is 4. The summed E-state index contributed by atoms with van der Waals surface area (Å²) in [5.74, 6) is -0.141. The molecule has 0 amide bonds. The summed E-state index contributed by atoms with van der Waals surface area (Å²) < 4.78 is 39.7. The fourth-order valence-corrected chi connectivity index (χ4v) is 4.65. The van der Waals surface area contributed by atoms with Gasteiger partial charge in [-0.05, 0) is 66.0 Å². The Morgan fingerprint density at radius 3 is 2.85 bits per heavy atom. The molecule has 1 N–H and O–H groups in total. The van der Waals surface area contributed by atoms with Crippen LogP contribution in [0.1, 0.15) is 12.8 Å². The molecule has 112 valence electrons. The van der Waals surface area contributed by atoms with Gasteiger partial charge in [0.2, 0.25) is 10.0 Å². The van der Waals surface area contributed by atoms with E-state index >= 15 is 0 Å². The summed E-state index contributed by atoms with van der Waals surface area (Å²) in [6, 6.07) is 3.63. The van der Waals surface area contributed by atoms with Gasteiger partial charge in [-0.1, -0.05) is 0 Å². The van der Waals surface area contributed by atoms with Gasteiger partial charge in [0.15, 0.2) is 0 Å². The Labute approximate surface area is 127 Å². The van der Waals surface area contributed by atoms with E-state index in [1.807, 2.05) is 0 Å². The molecule has 1 aromatic carbocycles. The molecule has 0 aliphatic carbocycles. The van der Waals surface area contributed by atoms with E-state index in [-0.39, 0.29) is 9.37 Å². The van der Waals surface area contributed by atoms with Crippen molar-refractivity contribution in [3.05, 3.63) is 28.5 Å². The monoisotopic (exact) mass is 364 g/mol. The molecule has 0 saturated carbocycles. The quantitative estimate of drug-likeness (QED) is 0.890. The maximum absolute atomic E-state index is 13.1. The number of halogens is 2. The van der Waals surface area contributed by atoms with E-state index in [0.717, 1.165) is 32.0 Å². The van der Waals surface area contributed by atoms with Crippen molar-refractivity contribution < 1.29 is 12.8 Å².